The van der Waals surface area contributed by atoms with E-state index >= 15 is 0 Å². The first-order valence-corrected chi connectivity index (χ1v) is 12.8. The van der Waals surface area contributed by atoms with E-state index in [1.807, 2.05) is 66.4 Å². The first-order chi connectivity index (χ1) is 17.7. The molecule has 0 saturated carbocycles. The molecule has 3 aromatic rings. The van der Waals surface area contributed by atoms with Crippen molar-refractivity contribution in [3.63, 3.8) is 0 Å². The normalized spacial score (nSPS) is 13.7. The molecular formula is C30H36N4O3. The van der Waals surface area contributed by atoms with Crippen LogP contribution in [0.3, 0.4) is 0 Å². The van der Waals surface area contributed by atoms with E-state index in [1.54, 1.807) is 6.07 Å². The molecule has 37 heavy (non-hydrogen) atoms. The van der Waals surface area contributed by atoms with Crippen molar-refractivity contribution in [2.45, 2.75) is 33.1 Å². The Morgan fingerprint density at radius 3 is 2.11 bits per heavy atom. The van der Waals surface area contributed by atoms with Crippen LogP contribution in [0.4, 0.5) is 21.9 Å². The molecule has 3 aromatic carbocycles. The highest BCUT2D eigenvalue weighted by Crippen LogP contribution is 2.25. The van der Waals surface area contributed by atoms with Gasteiger partial charge in [0, 0.05) is 43.1 Å². The molecule has 0 aromatic heterocycles. The van der Waals surface area contributed by atoms with E-state index in [2.05, 4.69) is 48.4 Å². The number of urea groups is 1. The van der Waals surface area contributed by atoms with Crippen molar-refractivity contribution in [1.82, 2.24) is 4.90 Å². The zero-order valence-corrected chi connectivity index (χ0v) is 22.1. The molecule has 1 aliphatic rings. The fourth-order valence-electron chi connectivity index (χ4n) is 4.35. The Morgan fingerprint density at radius 2 is 1.49 bits per heavy atom. The molecule has 1 aliphatic heterocycles. The second-order valence-corrected chi connectivity index (χ2v) is 10.2. The summed E-state index contributed by atoms with van der Waals surface area (Å²) in [4.78, 5) is 29.7. The van der Waals surface area contributed by atoms with Gasteiger partial charge in [0.25, 0.3) is 5.91 Å². The SMILES string of the molecule is CCOc1ccccc1NC(=O)Nc1ccc(N2CCN(C(=O)c3ccc(C(C)(C)C)cc3)CC2)cc1. The molecule has 4 rings (SSSR count). The Labute approximate surface area is 219 Å². The maximum Gasteiger partial charge on any atom is 0.323 e. The maximum atomic E-state index is 13.0. The van der Waals surface area contributed by atoms with Gasteiger partial charge >= 0.3 is 6.03 Å². The van der Waals surface area contributed by atoms with Crippen LogP contribution in [0.25, 0.3) is 0 Å². The molecule has 0 aliphatic carbocycles. The number of amides is 3. The molecule has 3 amide bonds. The second-order valence-electron chi connectivity index (χ2n) is 10.2. The van der Waals surface area contributed by atoms with Gasteiger partial charge in [0.1, 0.15) is 5.75 Å². The predicted molar refractivity (Wildman–Crippen MR) is 150 cm³/mol. The van der Waals surface area contributed by atoms with Crippen LogP contribution in [0, 0.1) is 0 Å². The molecule has 194 valence electrons. The number of benzene rings is 3. The van der Waals surface area contributed by atoms with Crippen molar-refractivity contribution in [2.75, 3.05) is 48.3 Å². The summed E-state index contributed by atoms with van der Waals surface area (Å²) in [6.07, 6.45) is 0. The number of para-hydroxylation sites is 2. The maximum absolute atomic E-state index is 13.0. The Morgan fingerprint density at radius 1 is 0.838 bits per heavy atom. The Kier molecular flexibility index (Phi) is 8.01. The summed E-state index contributed by atoms with van der Waals surface area (Å²) in [5.74, 6) is 0.714. The summed E-state index contributed by atoms with van der Waals surface area (Å²) in [7, 11) is 0. The molecule has 2 N–H and O–H groups in total. The van der Waals surface area contributed by atoms with Gasteiger partial charge in [0.15, 0.2) is 0 Å². The highest BCUT2D eigenvalue weighted by atomic mass is 16.5. The number of piperazine rings is 1. The van der Waals surface area contributed by atoms with Crippen molar-refractivity contribution in [3.8, 4) is 5.75 Å². The molecule has 1 heterocycles. The minimum atomic E-state index is -0.331. The van der Waals surface area contributed by atoms with Crippen LogP contribution >= 0.6 is 0 Å². The second kappa shape index (κ2) is 11.4. The number of nitrogens with one attached hydrogen (secondary N) is 2. The first-order valence-electron chi connectivity index (χ1n) is 12.8. The van der Waals surface area contributed by atoms with Crippen LogP contribution in [0.2, 0.25) is 0 Å². The van der Waals surface area contributed by atoms with Crippen molar-refractivity contribution in [1.29, 1.82) is 0 Å². The van der Waals surface area contributed by atoms with Crippen LogP contribution < -0.4 is 20.3 Å². The lowest BCUT2D eigenvalue weighted by atomic mass is 9.86. The van der Waals surface area contributed by atoms with Crippen molar-refractivity contribution in [2.24, 2.45) is 0 Å². The number of hydrogen-bond acceptors (Lipinski definition) is 4. The highest BCUT2D eigenvalue weighted by Gasteiger charge is 2.23. The minimum Gasteiger partial charge on any atom is -0.492 e. The number of hydrogen-bond donors (Lipinski definition) is 2. The summed E-state index contributed by atoms with van der Waals surface area (Å²) in [6.45, 7) is 11.8. The van der Waals surface area contributed by atoms with E-state index in [-0.39, 0.29) is 17.4 Å². The van der Waals surface area contributed by atoms with Crippen molar-refractivity contribution < 1.29 is 14.3 Å². The topological polar surface area (TPSA) is 73.9 Å². The third-order valence-corrected chi connectivity index (χ3v) is 6.49. The quantitative estimate of drug-likeness (QED) is 0.436. The van der Waals surface area contributed by atoms with Gasteiger partial charge in [-0.05, 0) is 66.4 Å². The third-order valence-electron chi connectivity index (χ3n) is 6.49. The fourth-order valence-corrected chi connectivity index (χ4v) is 4.35. The van der Waals surface area contributed by atoms with Crippen LogP contribution in [0.5, 0.6) is 5.75 Å². The van der Waals surface area contributed by atoms with E-state index in [9.17, 15) is 9.59 Å². The molecule has 0 spiro atoms. The van der Waals surface area contributed by atoms with Crippen LogP contribution in [-0.4, -0.2) is 49.6 Å². The summed E-state index contributed by atoms with van der Waals surface area (Å²) in [5, 5.41) is 5.70. The molecule has 1 fully saturated rings. The number of rotatable bonds is 6. The molecular weight excluding hydrogens is 464 g/mol. The van der Waals surface area contributed by atoms with E-state index in [0.29, 0.717) is 36.8 Å². The molecule has 0 unspecified atom stereocenters. The molecule has 0 atom stereocenters. The number of carbonyl (C=O) groups excluding carboxylic acids is 2. The fraction of sp³-hybridized carbons (Fsp3) is 0.333. The number of carbonyl (C=O) groups is 2. The van der Waals surface area contributed by atoms with Gasteiger partial charge < -0.3 is 25.2 Å². The lowest BCUT2D eigenvalue weighted by Crippen LogP contribution is -2.48. The van der Waals surface area contributed by atoms with E-state index in [1.165, 1.54) is 5.56 Å². The Balaban J connectivity index is 1.29. The van der Waals surface area contributed by atoms with Gasteiger partial charge in [0.05, 0.1) is 12.3 Å². The first kappa shape index (κ1) is 26.1. The van der Waals surface area contributed by atoms with Gasteiger partial charge in [-0.25, -0.2) is 4.79 Å². The van der Waals surface area contributed by atoms with Gasteiger partial charge in [-0.15, -0.1) is 0 Å². The van der Waals surface area contributed by atoms with Gasteiger partial charge in [-0.3, -0.25) is 4.79 Å². The molecule has 0 radical (unpaired) electrons. The number of ether oxygens (including phenoxy) is 1. The Bertz CT molecular complexity index is 1210. The molecule has 7 heteroatoms. The summed E-state index contributed by atoms with van der Waals surface area (Å²) < 4.78 is 5.56. The van der Waals surface area contributed by atoms with Gasteiger partial charge in [0.2, 0.25) is 0 Å². The summed E-state index contributed by atoms with van der Waals surface area (Å²) in [5.41, 5.74) is 4.41. The van der Waals surface area contributed by atoms with Gasteiger partial charge in [-0.2, -0.15) is 0 Å². The van der Waals surface area contributed by atoms with Crippen molar-refractivity contribution in [3.05, 3.63) is 83.9 Å². The third kappa shape index (κ3) is 6.61. The smallest absolute Gasteiger partial charge is 0.323 e. The van der Waals surface area contributed by atoms with E-state index in [4.69, 9.17) is 4.74 Å². The highest BCUT2D eigenvalue weighted by molar-refractivity contribution is 6.00. The van der Waals surface area contributed by atoms with E-state index in [0.717, 1.165) is 24.3 Å². The average Bonchev–Trinajstić information content (AvgIpc) is 2.90. The monoisotopic (exact) mass is 500 g/mol. The Hall–Kier alpha value is -4.00. The average molecular weight is 501 g/mol. The van der Waals surface area contributed by atoms with Gasteiger partial charge in [-0.1, -0.05) is 45.0 Å². The minimum absolute atomic E-state index is 0.0666. The lowest BCUT2D eigenvalue weighted by Gasteiger charge is -2.36. The largest absolute Gasteiger partial charge is 0.492 e. The van der Waals surface area contributed by atoms with Crippen LogP contribution in [0.1, 0.15) is 43.6 Å². The van der Waals surface area contributed by atoms with Crippen molar-refractivity contribution >= 4 is 29.0 Å². The van der Waals surface area contributed by atoms with E-state index < -0.39 is 0 Å². The zero-order valence-electron chi connectivity index (χ0n) is 22.1. The number of nitrogens with zero attached hydrogens (tertiary/aromatic N) is 2. The standard InChI is InChI=1S/C30H36N4O3/c1-5-37-27-9-7-6-8-26(27)32-29(36)31-24-14-16-25(17-15-24)33-18-20-34(21-19-33)28(35)22-10-12-23(13-11-22)30(2,3)4/h6-17H,5,18-21H2,1-4H3,(H2,31,32,36). The molecule has 1 saturated heterocycles. The lowest BCUT2D eigenvalue weighted by molar-refractivity contribution is 0.0746. The van der Waals surface area contributed by atoms with Crippen LogP contribution in [0.15, 0.2) is 72.8 Å². The summed E-state index contributed by atoms with van der Waals surface area (Å²) >= 11 is 0. The zero-order chi connectivity index (χ0) is 26.4. The molecule has 7 nitrogen and oxygen atoms in total. The van der Waals surface area contributed by atoms with Crippen LogP contribution in [-0.2, 0) is 5.41 Å². The summed E-state index contributed by atoms with van der Waals surface area (Å²) in [6, 6.07) is 22.8. The number of anilines is 3. The predicted octanol–water partition coefficient (Wildman–Crippen LogP) is 5.99. The molecule has 0 bridgehead atoms.